The Morgan fingerprint density at radius 3 is 2.40 bits per heavy atom. The summed E-state index contributed by atoms with van der Waals surface area (Å²) in [6.07, 6.45) is 5.59. The molecule has 1 amide bonds. The van der Waals surface area contributed by atoms with Gasteiger partial charge in [-0.3, -0.25) is 4.90 Å². The number of ether oxygens (including phenoxy) is 1. The van der Waals surface area contributed by atoms with E-state index in [9.17, 15) is 4.79 Å². The van der Waals surface area contributed by atoms with E-state index >= 15 is 0 Å². The number of anilines is 1. The molecule has 2 aromatic rings. The monoisotopic (exact) mass is 334 g/mol. The summed E-state index contributed by atoms with van der Waals surface area (Å²) in [5.74, 6) is 6.83. The van der Waals surface area contributed by atoms with Crippen molar-refractivity contribution in [2.45, 2.75) is 38.7 Å². The number of pyridine rings is 1. The fraction of sp³-hybridized carbons (Fsp3) is 0.333. The standard InChI is InChI=1S/C20H18N2O2.CH4/c23-19-22(15-20(24-19)12-4-5-13-20)18-11-10-17(14-21-18)9-8-16-6-2-1-3-7-16;/h1-3,6-7,10-11,14H,4-5,12-13,15H2;1H4. The molecule has 2 fully saturated rings. The summed E-state index contributed by atoms with van der Waals surface area (Å²) < 4.78 is 5.63. The summed E-state index contributed by atoms with van der Waals surface area (Å²) in [7, 11) is 0. The second-order valence-corrected chi connectivity index (χ2v) is 6.37. The van der Waals surface area contributed by atoms with E-state index in [1.165, 1.54) is 0 Å². The Morgan fingerprint density at radius 2 is 1.72 bits per heavy atom. The molecule has 2 heterocycles. The van der Waals surface area contributed by atoms with Gasteiger partial charge < -0.3 is 4.74 Å². The number of hydrogen-bond acceptors (Lipinski definition) is 3. The number of nitrogens with zero attached hydrogens (tertiary/aromatic N) is 2. The molecule has 1 spiro atoms. The average Bonchev–Trinajstić information content (AvgIpc) is 3.21. The van der Waals surface area contributed by atoms with Crippen LogP contribution in [0, 0.1) is 11.8 Å². The number of hydrogen-bond donors (Lipinski definition) is 0. The van der Waals surface area contributed by atoms with E-state index in [4.69, 9.17) is 4.74 Å². The quantitative estimate of drug-likeness (QED) is 0.727. The molecule has 4 heteroatoms. The van der Waals surface area contributed by atoms with Crippen LogP contribution in [0.2, 0.25) is 0 Å². The Balaban J connectivity index is 0.00000182. The van der Waals surface area contributed by atoms with Crippen LogP contribution in [0.3, 0.4) is 0 Å². The zero-order chi connectivity index (χ0) is 16.4. The molecule has 2 aliphatic rings. The van der Waals surface area contributed by atoms with Crippen LogP contribution < -0.4 is 4.90 Å². The van der Waals surface area contributed by atoms with E-state index in [-0.39, 0.29) is 19.1 Å². The fourth-order valence-electron chi connectivity index (χ4n) is 3.36. The summed E-state index contributed by atoms with van der Waals surface area (Å²) >= 11 is 0. The maximum Gasteiger partial charge on any atom is 0.416 e. The molecular formula is C21H22N2O2. The number of aromatic nitrogens is 1. The lowest BCUT2D eigenvalue weighted by Crippen LogP contribution is -2.31. The topological polar surface area (TPSA) is 42.4 Å². The first kappa shape index (κ1) is 17.0. The predicted molar refractivity (Wildman–Crippen MR) is 98.4 cm³/mol. The van der Waals surface area contributed by atoms with E-state index in [0.717, 1.165) is 36.8 Å². The predicted octanol–water partition coefficient (Wildman–Crippen LogP) is 4.39. The average molecular weight is 334 g/mol. The normalized spacial score (nSPS) is 17.6. The second-order valence-electron chi connectivity index (χ2n) is 6.37. The molecule has 0 unspecified atom stereocenters. The van der Waals surface area contributed by atoms with Gasteiger partial charge in [0, 0.05) is 17.3 Å². The van der Waals surface area contributed by atoms with Gasteiger partial charge in [-0.05, 0) is 49.9 Å². The Bertz CT molecular complexity index is 797. The highest BCUT2D eigenvalue weighted by atomic mass is 16.6. The van der Waals surface area contributed by atoms with Gasteiger partial charge in [-0.1, -0.05) is 37.5 Å². The van der Waals surface area contributed by atoms with Gasteiger partial charge in [-0.2, -0.15) is 0 Å². The van der Waals surface area contributed by atoms with Crippen molar-refractivity contribution >= 4 is 11.9 Å². The molecule has 1 aliphatic heterocycles. The first-order valence-corrected chi connectivity index (χ1v) is 8.28. The molecule has 1 saturated carbocycles. The van der Waals surface area contributed by atoms with Gasteiger partial charge in [-0.25, -0.2) is 9.78 Å². The van der Waals surface area contributed by atoms with E-state index in [1.807, 2.05) is 42.5 Å². The largest absolute Gasteiger partial charge is 0.441 e. The Labute approximate surface area is 148 Å². The third-order valence-electron chi connectivity index (χ3n) is 4.63. The summed E-state index contributed by atoms with van der Waals surface area (Å²) in [4.78, 5) is 18.2. The lowest BCUT2D eigenvalue weighted by Gasteiger charge is -2.19. The highest BCUT2D eigenvalue weighted by Gasteiger charge is 2.47. The molecule has 1 aromatic carbocycles. The maximum atomic E-state index is 12.2. The van der Waals surface area contributed by atoms with E-state index in [2.05, 4.69) is 16.8 Å². The Morgan fingerprint density at radius 1 is 1.00 bits per heavy atom. The second kappa shape index (κ2) is 6.98. The minimum atomic E-state index is -0.287. The van der Waals surface area contributed by atoms with Crippen LogP contribution in [0.25, 0.3) is 0 Å². The van der Waals surface area contributed by atoms with Gasteiger partial charge >= 0.3 is 6.09 Å². The van der Waals surface area contributed by atoms with Gasteiger partial charge in [0.2, 0.25) is 0 Å². The van der Waals surface area contributed by atoms with Crippen LogP contribution in [0.5, 0.6) is 0 Å². The van der Waals surface area contributed by atoms with E-state index in [0.29, 0.717) is 12.4 Å². The number of rotatable bonds is 1. The van der Waals surface area contributed by atoms with Crippen LogP contribution in [-0.4, -0.2) is 23.2 Å². The zero-order valence-corrected chi connectivity index (χ0v) is 13.4. The Hall–Kier alpha value is -2.80. The third-order valence-corrected chi connectivity index (χ3v) is 4.63. The molecule has 25 heavy (non-hydrogen) atoms. The molecule has 0 N–H and O–H groups in total. The molecule has 4 nitrogen and oxygen atoms in total. The van der Waals surface area contributed by atoms with Gasteiger partial charge in [0.05, 0.1) is 6.54 Å². The van der Waals surface area contributed by atoms with Crippen LogP contribution >= 0.6 is 0 Å². The minimum absolute atomic E-state index is 0. The molecule has 0 atom stereocenters. The minimum Gasteiger partial charge on any atom is -0.441 e. The van der Waals surface area contributed by atoms with Crippen molar-refractivity contribution in [2.75, 3.05) is 11.4 Å². The number of carbonyl (C=O) groups excluding carboxylic acids is 1. The van der Waals surface area contributed by atoms with Crippen molar-refractivity contribution in [2.24, 2.45) is 0 Å². The summed E-state index contributed by atoms with van der Waals surface area (Å²) in [6, 6.07) is 13.6. The summed E-state index contributed by atoms with van der Waals surface area (Å²) in [6.45, 7) is 0.605. The molecule has 4 rings (SSSR count). The summed E-state index contributed by atoms with van der Waals surface area (Å²) in [5, 5.41) is 0. The van der Waals surface area contributed by atoms with Crippen LogP contribution in [-0.2, 0) is 4.74 Å². The van der Waals surface area contributed by atoms with Crippen LogP contribution in [0.15, 0.2) is 48.7 Å². The van der Waals surface area contributed by atoms with E-state index < -0.39 is 0 Å². The van der Waals surface area contributed by atoms with Gasteiger partial charge in [0.1, 0.15) is 11.4 Å². The zero-order valence-electron chi connectivity index (χ0n) is 13.4. The van der Waals surface area contributed by atoms with Crippen molar-refractivity contribution in [3.63, 3.8) is 0 Å². The van der Waals surface area contributed by atoms with Gasteiger partial charge in [0.25, 0.3) is 0 Å². The number of benzene rings is 1. The highest BCUT2D eigenvalue weighted by Crippen LogP contribution is 2.39. The van der Waals surface area contributed by atoms with Crippen molar-refractivity contribution in [3.8, 4) is 11.8 Å². The van der Waals surface area contributed by atoms with E-state index in [1.54, 1.807) is 11.1 Å². The molecule has 1 aliphatic carbocycles. The van der Waals surface area contributed by atoms with Gasteiger partial charge in [0.15, 0.2) is 0 Å². The maximum absolute atomic E-state index is 12.2. The third kappa shape index (κ3) is 3.51. The fourth-order valence-corrected chi connectivity index (χ4v) is 3.36. The highest BCUT2D eigenvalue weighted by molar-refractivity contribution is 5.89. The number of carbonyl (C=O) groups is 1. The number of amides is 1. The van der Waals surface area contributed by atoms with Crippen molar-refractivity contribution in [3.05, 3.63) is 59.8 Å². The molecule has 128 valence electrons. The van der Waals surface area contributed by atoms with Gasteiger partial charge in [-0.15, -0.1) is 0 Å². The van der Waals surface area contributed by atoms with Crippen molar-refractivity contribution < 1.29 is 9.53 Å². The SMILES string of the molecule is C.O=C1OC2(CCCC2)CN1c1ccc(C#Cc2ccccc2)cn1. The lowest BCUT2D eigenvalue weighted by atomic mass is 10.0. The molecule has 1 saturated heterocycles. The molecule has 1 aromatic heterocycles. The smallest absolute Gasteiger partial charge is 0.416 e. The first-order valence-electron chi connectivity index (χ1n) is 8.28. The van der Waals surface area contributed by atoms with Crippen molar-refractivity contribution in [1.29, 1.82) is 0 Å². The molecular weight excluding hydrogens is 312 g/mol. The first-order chi connectivity index (χ1) is 11.7. The Kier molecular flexibility index (Phi) is 4.76. The van der Waals surface area contributed by atoms with Crippen LogP contribution in [0.4, 0.5) is 10.6 Å². The molecule has 0 bridgehead atoms. The summed E-state index contributed by atoms with van der Waals surface area (Å²) in [5.41, 5.74) is 1.50. The van der Waals surface area contributed by atoms with Crippen LogP contribution in [0.1, 0.15) is 44.2 Å². The molecule has 0 radical (unpaired) electrons. The lowest BCUT2D eigenvalue weighted by molar-refractivity contribution is 0.0629. The van der Waals surface area contributed by atoms with Crippen molar-refractivity contribution in [1.82, 2.24) is 4.98 Å².